The second kappa shape index (κ2) is 5.89. The normalized spacial score (nSPS) is 12.8. The molecule has 0 bridgehead atoms. The van der Waals surface area contributed by atoms with Crippen molar-refractivity contribution in [1.29, 1.82) is 0 Å². The van der Waals surface area contributed by atoms with Crippen LogP contribution in [0.1, 0.15) is 12.7 Å². The number of hydrogen-bond acceptors (Lipinski definition) is 4. The van der Waals surface area contributed by atoms with E-state index in [9.17, 15) is 0 Å². The molecule has 2 rings (SSSR count). The molecule has 0 saturated heterocycles. The highest BCUT2D eigenvalue weighted by Crippen LogP contribution is 2.28. The predicted octanol–water partition coefficient (Wildman–Crippen LogP) is 2.57. The van der Waals surface area contributed by atoms with Gasteiger partial charge in [-0.25, -0.2) is 0 Å². The summed E-state index contributed by atoms with van der Waals surface area (Å²) in [6.07, 6.45) is 0.198. The zero-order chi connectivity index (χ0) is 13.0. The molecular formula is C14H19NO3. The minimum atomic E-state index is 0.198. The molecule has 0 aliphatic carbocycles. The van der Waals surface area contributed by atoms with Crippen LogP contribution in [0.3, 0.4) is 0 Å². The molecule has 0 saturated carbocycles. The summed E-state index contributed by atoms with van der Waals surface area (Å²) in [6.45, 7) is 3.50. The van der Waals surface area contributed by atoms with Gasteiger partial charge in [-0.3, -0.25) is 0 Å². The number of benzene rings is 1. The fourth-order valence-electron chi connectivity index (χ4n) is 1.82. The number of fused-ring (bicyclic) bond motifs is 1. The highest BCUT2D eigenvalue weighted by molar-refractivity contribution is 5.83. The van der Waals surface area contributed by atoms with Crippen molar-refractivity contribution in [2.45, 2.75) is 19.6 Å². The van der Waals surface area contributed by atoms with Crippen LogP contribution in [-0.4, -0.2) is 26.9 Å². The molecule has 1 unspecified atom stereocenters. The van der Waals surface area contributed by atoms with Crippen LogP contribution < -0.4 is 10.1 Å². The summed E-state index contributed by atoms with van der Waals surface area (Å²) in [5.41, 5.74) is 0.802. The zero-order valence-electron chi connectivity index (χ0n) is 11.0. The minimum Gasteiger partial charge on any atom is -0.493 e. The van der Waals surface area contributed by atoms with Crippen molar-refractivity contribution in [3.05, 3.63) is 30.0 Å². The van der Waals surface area contributed by atoms with Gasteiger partial charge in [0, 0.05) is 19.0 Å². The van der Waals surface area contributed by atoms with Crippen LogP contribution in [0.4, 0.5) is 0 Å². The quantitative estimate of drug-likeness (QED) is 0.854. The van der Waals surface area contributed by atoms with Gasteiger partial charge in [-0.2, -0.15) is 0 Å². The average Bonchev–Trinajstić information content (AvgIpc) is 2.80. The monoisotopic (exact) mass is 249 g/mol. The topological polar surface area (TPSA) is 43.6 Å². The highest BCUT2D eigenvalue weighted by atomic mass is 16.5. The third-order valence-electron chi connectivity index (χ3n) is 2.91. The SMILES string of the molecule is COc1cccc2cc(CNCC(C)OC)oc12. The number of nitrogens with one attached hydrogen (secondary N) is 1. The third-order valence-corrected chi connectivity index (χ3v) is 2.91. The van der Waals surface area contributed by atoms with E-state index in [-0.39, 0.29) is 6.10 Å². The molecule has 0 radical (unpaired) electrons. The van der Waals surface area contributed by atoms with E-state index in [1.807, 2.05) is 31.2 Å². The Hall–Kier alpha value is -1.52. The van der Waals surface area contributed by atoms with Gasteiger partial charge in [0.2, 0.25) is 0 Å². The van der Waals surface area contributed by atoms with E-state index in [2.05, 4.69) is 5.32 Å². The maximum absolute atomic E-state index is 5.78. The van der Waals surface area contributed by atoms with Crippen LogP contribution >= 0.6 is 0 Å². The number of hydrogen-bond donors (Lipinski definition) is 1. The first-order valence-electron chi connectivity index (χ1n) is 6.03. The van der Waals surface area contributed by atoms with Crippen molar-refractivity contribution in [2.75, 3.05) is 20.8 Å². The Labute approximate surface area is 107 Å². The van der Waals surface area contributed by atoms with Crippen molar-refractivity contribution < 1.29 is 13.9 Å². The third kappa shape index (κ3) is 2.83. The van der Waals surface area contributed by atoms with Crippen molar-refractivity contribution in [1.82, 2.24) is 5.32 Å². The molecule has 18 heavy (non-hydrogen) atoms. The molecule has 2 aromatic rings. The Bertz CT molecular complexity index is 507. The Kier molecular flexibility index (Phi) is 4.23. The van der Waals surface area contributed by atoms with Crippen LogP contribution in [0, 0.1) is 0 Å². The van der Waals surface area contributed by atoms with Gasteiger partial charge >= 0.3 is 0 Å². The number of rotatable bonds is 6. The van der Waals surface area contributed by atoms with Gasteiger partial charge in [-0.1, -0.05) is 12.1 Å². The summed E-state index contributed by atoms with van der Waals surface area (Å²) in [6, 6.07) is 7.90. The van der Waals surface area contributed by atoms with Gasteiger partial charge in [-0.15, -0.1) is 0 Å². The molecule has 1 aromatic carbocycles. The molecule has 0 aliphatic heterocycles. The Morgan fingerprint density at radius 3 is 2.89 bits per heavy atom. The molecule has 4 heteroatoms. The van der Waals surface area contributed by atoms with Crippen LogP contribution in [0.25, 0.3) is 11.0 Å². The van der Waals surface area contributed by atoms with Crippen LogP contribution in [0.15, 0.2) is 28.7 Å². The lowest BCUT2D eigenvalue weighted by Gasteiger charge is -2.09. The summed E-state index contributed by atoms with van der Waals surface area (Å²) >= 11 is 0. The molecule has 4 nitrogen and oxygen atoms in total. The lowest BCUT2D eigenvalue weighted by molar-refractivity contribution is 0.116. The first kappa shape index (κ1) is 12.9. The first-order valence-corrected chi connectivity index (χ1v) is 6.03. The van der Waals surface area contributed by atoms with Crippen molar-refractivity contribution in [3.63, 3.8) is 0 Å². The van der Waals surface area contributed by atoms with E-state index in [4.69, 9.17) is 13.9 Å². The van der Waals surface area contributed by atoms with E-state index < -0.39 is 0 Å². The summed E-state index contributed by atoms with van der Waals surface area (Å²) in [5, 5.41) is 4.35. The largest absolute Gasteiger partial charge is 0.493 e. The molecule has 0 fully saturated rings. The Morgan fingerprint density at radius 1 is 1.33 bits per heavy atom. The molecular weight excluding hydrogens is 230 g/mol. The standard InChI is InChI=1S/C14H19NO3/c1-10(16-2)8-15-9-12-7-11-5-4-6-13(17-3)14(11)18-12/h4-7,10,15H,8-9H2,1-3H3. The summed E-state index contributed by atoms with van der Waals surface area (Å²) in [7, 11) is 3.36. The van der Waals surface area contributed by atoms with Gasteiger partial charge in [0.25, 0.3) is 0 Å². The maximum Gasteiger partial charge on any atom is 0.176 e. The molecule has 1 aromatic heterocycles. The summed E-state index contributed by atoms with van der Waals surface area (Å²) in [4.78, 5) is 0. The Morgan fingerprint density at radius 2 is 2.17 bits per heavy atom. The fourth-order valence-corrected chi connectivity index (χ4v) is 1.82. The van der Waals surface area contributed by atoms with E-state index in [1.54, 1.807) is 14.2 Å². The lowest BCUT2D eigenvalue weighted by atomic mass is 10.2. The smallest absolute Gasteiger partial charge is 0.176 e. The lowest BCUT2D eigenvalue weighted by Crippen LogP contribution is -2.25. The van der Waals surface area contributed by atoms with Crippen molar-refractivity contribution in [2.24, 2.45) is 0 Å². The van der Waals surface area contributed by atoms with Gasteiger partial charge in [-0.05, 0) is 19.1 Å². The number of ether oxygens (including phenoxy) is 2. The number of furan rings is 1. The zero-order valence-corrected chi connectivity index (χ0v) is 11.0. The van der Waals surface area contributed by atoms with Gasteiger partial charge in [0.05, 0.1) is 19.8 Å². The predicted molar refractivity (Wildman–Crippen MR) is 70.9 cm³/mol. The molecule has 0 amide bonds. The van der Waals surface area contributed by atoms with E-state index in [0.29, 0.717) is 6.54 Å². The van der Waals surface area contributed by atoms with Crippen LogP contribution in [-0.2, 0) is 11.3 Å². The Balaban J connectivity index is 2.06. The number of para-hydroxylation sites is 1. The average molecular weight is 249 g/mol. The van der Waals surface area contributed by atoms with Gasteiger partial charge < -0.3 is 19.2 Å². The molecule has 1 N–H and O–H groups in total. The van der Waals surface area contributed by atoms with E-state index >= 15 is 0 Å². The van der Waals surface area contributed by atoms with Crippen molar-refractivity contribution >= 4 is 11.0 Å². The number of methoxy groups -OCH3 is 2. The van der Waals surface area contributed by atoms with E-state index in [0.717, 1.165) is 29.0 Å². The highest BCUT2D eigenvalue weighted by Gasteiger charge is 2.08. The van der Waals surface area contributed by atoms with E-state index in [1.165, 1.54) is 0 Å². The molecule has 1 atom stereocenters. The maximum atomic E-state index is 5.78. The molecule has 98 valence electrons. The van der Waals surface area contributed by atoms with Crippen LogP contribution in [0.2, 0.25) is 0 Å². The first-order chi connectivity index (χ1) is 8.74. The molecule has 1 heterocycles. The van der Waals surface area contributed by atoms with Gasteiger partial charge in [0.1, 0.15) is 5.76 Å². The second-order valence-electron chi connectivity index (χ2n) is 4.27. The summed E-state index contributed by atoms with van der Waals surface area (Å²) < 4.78 is 16.2. The molecule has 0 aliphatic rings. The fraction of sp³-hybridized carbons (Fsp3) is 0.429. The van der Waals surface area contributed by atoms with Crippen molar-refractivity contribution in [3.8, 4) is 5.75 Å². The second-order valence-corrected chi connectivity index (χ2v) is 4.27. The minimum absolute atomic E-state index is 0.198. The van der Waals surface area contributed by atoms with Gasteiger partial charge in [0.15, 0.2) is 11.3 Å². The summed E-state index contributed by atoms with van der Waals surface area (Å²) in [5.74, 6) is 1.67. The van der Waals surface area contributed by atoms with Crippen LogP contribution in [0.5, 0.6) is 5.75 Å². The molecule has 0 spiro atoms.